The number of alkyl halides is 6. The number of piperazine rings is 1. The first kappa shape index (κ1) is 27.8. The number of amides is 2. The van der Waals surface area contributed by atoms with E-state index in [4.69, 9.17) is 5.73 Å². The molecule has 2 aromatic carbocycles. The van der Waals surface area contributed by atoms with Crippen LogP contribution in [0.1, 0.15) is 22.3 Å². The number of carbonyl (C=O) groups excluding carboxylic acids is 2. The Morgan fingerprint density at radius 3 is 2.60 bits per heavy atom. The molecule has 3 N–H and O–H groups in total. The van der Waals surface area contributed by atoms with Gasteiger partial charge in [0.05, 0.1) is 35.1 Å². The lowest BCUT2D eigenvalue weighted by molar-refractivity contribution is -0.143. The minimum atomic E-state index is -4.98. The molecule has 1 aromatic heterocycles. The van der Waals surface area contributed by atoms with Crippen LogP contribution in [0, 0.1) is 0 Å². The molecule has 0 bridgehead atoms. The van der Waals surface area contributed by atoms with E-state index >= 15 is 0 Å². The number of primary amides is 1. The van der Waals surface area contributed by atoms with Gasteiger partial charge in [0.2, 0.25) is 5.91 Å². The second kappa shape index (κ2) is 10.4. The van der Waals surface area contributed by atoms with Crippen molar-refractivity contribution in [2.45, 2.75) is 24.9 Å². The molecule has 2 atom stereocenters. The zero-order chi connectivity index (χ0) is 28.8. The van der Waals surface area contributed by atoms with Gasteiger partial charge in [0.1, 0.15) is 6.04 Å². The Morgan fingerprint density at radius 2 is 1.90 bits per heavy atom. The summed E-state index contributed by atoms with van der Waals surface area (Å²) < 4.78 is 81.1. The highest BCUT2D eigenvalue weighted by molar-refractivity contribution is 8.28. The third kappa shape index (κ3) is 5.75. The van der Waals surface area contributed by atoms with E-state index in [0.29, 0.717) is 35.2 Å². The molecule has 2 aliphatic heterocycles. The minimum absolute atomic E-state index is 0.112. The van der Waals surface area contributed by atoms with Gasteiger partial charge in [0.15, 0.2) is 5.17 Å². The second-order valence-corrected chi connectivity index (χ2v) is 11.1. The first-order valence-corrected chi connectivity index (χ1v) is 13.4. The number of fused-ring (bicyclic) bond motifs is 1. The van der Waals surface area contributed by atoms with Gasteiger partial charge in [0.25, 0.3) is 5.91 Å². The van der Waals surface area contributed by atoms with Crippen molar-refractivity contribution in [2.24, 2.45) is 10.7 Å². The summed E-state index contributed by atoms with van der Waals surface area (Å²) in [5, 5.41) is 10.2. The molecule has 2 aliphatic rings. The van der Waals surface area contributed by atoms with Crippen LogP contribution in [0.2, 0.25) is 0 Å². The lowest BCUT2D eigenvalue weighted by atomic mass is 10.0. The van der Waals surface area contributed by atoms with Gasteiger partial charge in [-0.15, -0.1) is 10.5 Å². The molecule has 2 amide bonds. The highest BCUT2D eigenvalue weighted by Gasteiger charge is 2.38. The Morgan fingerprint density at radius 1 is 1.12 bits per heavy atom. The minimum Gasteiger partial charge on any atom is -0.368 e. The fraction of sp³-hybridized carbons (Fsp3) is 0.320. The van der Waals surface area contributed by atoms with E-state index in [2.05, 4.69) is 15.4 Å². The van der Waals surface area contributed by atoms with E-state index in [1.165, 1.54) is 10.9 Å². The molecule has 40 heavy (non-hydrogen) atoms. The van der Waals surface area contributed by atoms with Crippen LogP contribution in [0.25, 0.3) is 10.9 Å². The zero-order valence-corrected chi connectivity index (χ0v) is 21.4. The number of hydrogen-bond acceptors (Lipinski definition) is 5. The van der Waals surface area contributed by atoms with E-state index in [1.807, 2.05) is 10.3 Å². The van der Waals surface area contributed by atoms with Crippen LogP contribution < -0.4 is 11.1 Å². The maximum atomic E-state index is 13.6. The van der Waals surface area contributed by atoms with Crippen molar-refractivity contribution in [2.75, 3.05) is 25.4 Å². The van der Waals surface area contributed by atoms with E-state index < -0.39 is 45.9 Å². The number of nitrogens with one attached hydrogen (secondary N) is 1. The number of carbonyl (C=O) groups is 2. The number of hydrogen-bond donors (Lipinski definition) is 2. The summed E-state index contributed by atoms with van der Waals surface area (Å²) in [5.41, 5.74) is 3.53. The number of nitrogens with zero attached hydrogens (tertiary/aromatic N) is 4. The molecule has 0 spiro atoms. The molecule has 3 aromatic rings. The normalized spacial score (nSPS) is 20.4. The molecule has 2 unspecified atom stereocenters. The molecule has 1 saturated heterocycles. The van der Waals surface area contributed by atoms with Crippen LogP contribution in [0.5, 0.6) is 0 Å². The molecule has 1 fully saturated rings. The average molecular weight is 585 g/mol. The number of halogens is 6. The third-order valence-electron chi connectivity index (χ3n) is 6.53. The Bertz CT molecular complexity index is 1560. The lowest BCUT2D eigenvalue weighted by Crippen LogP contribution is -2.57. The molecular formula is C25H22F6N6O2S. The Labute approximate surface area is 225 Å². The van der Waals surface area contributed by atoms with Crippen molar-refractivity contribution in [1.29, 1.82) is 0 Å². The summed E-state index contributed by atoms with van der Waals surface area (Å²) in [5.74, 6) is -0.611. The number of aromatic nitrogens is 2. The van der Waals surface area contributed by atoms with Crippen molar-refractivity contribution < 1.29 is 35.9 Å². The van der Waals surface area contributed by atoms with Crippen molar-refractivity contribution in [3.8, 4) is 0 Å². The highest BCUT2D eigenvalue weighted by Crippen LogP contribution is 2.38. The third-order valence-corrected chi connectivity index (χ3v) is 8.46. The first-order valence-electron chi connectivity index (χ1n) is 12.0. The highest BCUT2D eigenvalue weighted by atomic mass is 32.2. The largest absolute Gasteiger partial charge is 0.416 e. The molecule has 0 aliphatic carbocycles. The molecule has 15 heteroatoms. The van der Waals surface area contributed by atoms with Gasteiger partial charge >= 0.3 is 12.4 Å². The molecule has 0 radical (unpaired) electrons. The number of rotatable bonds is 4. The van der Waals surface area contributed by atoms with E-state index in [1.54, 1.807) is 18.2 Å². The first-order chi connectivity index (χ1) is 18.8. The smallest absolute Gasteiger partial charge is 0.368 e. The van der Waals surface area contributed by atoms with Gasteiger partial charge in [-0.2, -0.15) is 36.4 Å². The second-order valence-electron chi connectivity index (χ2n) is 9.32. The maximum Gasteiger partial charge on any atom is 0.416 e. The summed E-state index contributed by atoms with van der Waals surface area (Å²) in [7, 11) is -0.685. The molecular weight excluding hydrogens is 562 g/mol. The SMILES string of the molecule is NC(=O)C1CN(C2=NC(=O)C/S2=C\c2ccc3c(cnn3Cc3ccc(C(F)(F)F)cc3C(F)(F)F)c2)CCN1. The van der Waals surface area contributed by atoms with Gasteiger partial charge in [-0.3, -0.25) is 14.3 Å². The van der Waals surface area contributed by atoms with Crippen molar-refractivity contribution in [3.05, 3.63) is 64.8 Å². The number of nitrogens with two attached hydrogens (primary N) is 1. The van der Waals surface area contributed by atoms with Crippen LogP contribution in [0.15, 0.2) is 47.6 Å². The predicted octanol–water partition coefficient (Wildman–Crippen LogP) is 3.20. The summed E-state index contributed by atoms with van der Waals surface area (Å²) in [6, 6.07) is 6.11. The summed E-state index contributed by atoms with van der Waals surface area (Å²) >= 11 is 0. The van der Waals surface area contributed by atoms with Crippen molar-refractivity contribution in [1.82, 2.24) is 20.0 Å². The summed E-state index contributed by atoms with van der Waals surface area (Å²) in [6.45, 7) is 0.939. The fourth-order valence-corrected chi connectivity index (χ4v) is 6.47. The van der Waals surface area contributed by atoms with Gasteiger partial charge in [0, 0.05) is 25.0 Å². The number of benzene rings is 2. The molecule has 5 rings (SSSR count). The van der Waals surface area contributed by atoms with Crippen LogP contribution in [0.4, 0.5) is 26.3 Å². The molecule has 0 saturated carbocycles. The van der Waals surface area contributed by atoms with Gasteiger partial charge in [-0.25, -0.2) is 0 Å². The Kier molecular flexibility index (Phi) is 7.20. The van der Waals surface area contributed by atoms with Gasteiger partial charge < -0.3 is 16.0 Å². The van der Waals surface area contributed by atoms with E-state index in [0.717, 1.165) is 11.6 Å². The monoisotopic (exact) mass is 584 g/mol. The number of amidine groups is 1. The van der Waals surface area contributed by atoms with Crippen molar-refractivity contribution in [3.63, 3.8) is 0 Å². The fourth-order valence-electron chi connectivity index (χ4n) is 4.63. The zero-order valence-electron chi connectivity index (χ0n) is 20.6. The molecule has 212 valence electrons. The Balaban J connectivity index is 1.42. The van der Waals surface area contributed by atoms with Crippen LogP contribution in [-0.2, 0) is 28.5 Å². The standard InChI is InChI=1S/C25H22F6N6O2S/c26-24(27,28)17-3-2-15(18(8-17)25(29,30)31)10-37-20-4-1-14(7-16(20)9-34-37)12-40-13-21(38)35-23(40)36-6-5-33-19(11-36)22(32)39/h1-4,7-9,12,19,33H,5-6,10-11,13H2,(H2,32,39). The quantitative estimate of drug-likeness (QED) is 0.362. The summed E-state index contributed by atoms with van der Waals surface area (Å²) in [6.07, 6.45) is -8.44. The van der Waals surface area contributed by atoms with Gasteiger partial charge in [-0.05, 0) is 40.8 Å². The summed E-state index contributed by atoms with van der Waals surface area (Å²) in [4.78, 5) is 29.9. The Hall–Kier alpha value is -3.72. The number of aliphatic imine (C=N–C) groups is 1. The maximum absolute atomic E-state index is 13.6. The van der Waals surface area contributed by atoms with Gasteiger partial charge in [-0.1, -0.05) is 12.1 Å². The molecule has 8 nitrogen and oxygen atoms in total. The lowest BCUT2D eigenvalue weighted by Gasteiger charge is -2.33. The molecule has 3 heterocycles. The topological polar surface area (TPSA) is 106 Å². The average Bonchev–Trinajstić information content (AvgIpc) is 3.45. The predicted molar refractivity (Wildman–Crippen MR) is 138 cm³/mol. The van der Waals surface area contributed by atoms with E-state index in [-0.39, 0.29) is 36.4 Å². The van der Waals surface area contributed by atoms with Crippen LogP contribution in [-0.4, -0.2) is 68.5 Å². The van der Waals surface area contributed by atoms with E-state index in [9.17, 15) is 35.9 Å². The van der Waals surface area contributed by atoms with Crippen molar-refractivity contribution >= 4 is 43.7 Å². The van der Waals surface area contributed by atoms with Crippen LogP contribution in [0.3, 0.4) is 0 Å². The van der Waals surface area contributed by atoms with Crippen LogP contribution >= 0.6 is 10.5 Å².